The van der Waals surface area contributed by atoms with E-state index in [1.807, 2.05) is 13.2 Å². The molecule has 1 aliphatic heterocycles. The highest BCUT2D eigenvalue weighted by Crippen LogP contribution is 2.23. The minimum absolute atomic E-state index is 0.354. The van der Waals surface area contributed by atoms with E-state index in [4.69, 9.17) is 4.74 Å². The van der Waals surface area contributed by atoms with Gasteiger partial charge in [-0.1, -0.05) is 0 Å². The standard InChI is InChI=1S/C14H22BrN3O/c1-3-18(10-13-5-4-6-19-13)14-11(8-16-2)7-12(15)9-17-14/h7,9,13,16H,3-6,8,10H2,1-2H3. The van der Waals surface area contributed by atoms with Gasteiger partial charge in [0.25, 0.3) is 0 Å². The van der Waals surface area contributed by atoms with Crippen molar-refractivity contribution in [3.8, 4) is 0 Å². The number of halogens is 1. The molecule has 0 amide bonds. The third-order valence-corrected chi connectivity index (χ3v) is 3.84. The van der Waals surface area contributed by atoms with E-state index in [9.17, 15) is 0 Å². The maximum atomic E-state index is 5.74. The van der Waals surface area contributed by atoms with Crippen LogP contribution >= 0.6 is 15.9 Å². The summed E-state index contributed by atoms with van der Waals surface area (Å²) in [5.74, 6) is 1.07. The summed E-state index contributed by atoms with van der Waals surface area (Å²) in [5.41, 5.74) is 1.22. The van der Waals surface area contributed by atoms with E-state index in [-0.39, 0.29) is 0 Å². The van der Waals surface area contributed by atoms with E-state index in [0.717, 1.165) is 43.0 Å². The molecular formula is C14H22BrN3O. The number of ether oxygens (including phenoxy) is 1. The van der Waals surface area contributed by atoms with E-state index in [1.54, 1.807) is 0 Å². The molecule has 4 nitrogen and oxygen atoms in total. The van der Waals surface area contributed by atoms with Crippen molar-refractivity contribution in [3.63, 3.8) is 0 Å². The Balaban J connectivity index is 2.16. The van der Waals surface area contributed by atoms with Crippen LogP contribution in [-0.4, -0.2) is 37.8 Å². The highest BCUT2D eigenvalue weighted by Gasteiger charge is 2.20. The third-order valence-electron chi connectivity index (χ3n) is 3.41. The molecule has 1 aliphatic rings. The van der Waals surface area contributed by atoms with Crippen LogP contribution in [0.3, 0.4) is 0 Å². The van der Waals surface area contributed by atoms with Crippen molar-refractivity contribution >= 4 is 21.7 Å². The van der Waals surface area contributed by atoms with Crippen LogP contribution in [0.4, 0.5) is 5.82 Å². The molecular weight excluding hydrogens is 306 g/mol. The first-order valence-electron chi connectivity index (χ1n) is 6.90. The molecule has 1 atom stereocenters. The normalized spacial score (nSPS) is 18.8. The lowest BCUT2D eigenvalue weighted by atomic mass is 10.2. The van der Waals surface area contributed by atoms with Crippen molar-refractivity contribution < 1.29 is 4.74 Å². The average molecular weight is 328 g/mol. The maximum absolute atomic E-state index is 5.74. The van der Waals surface area contributed by atoms with E-state index in [0.29, 0.717) is 6.10 Å². The van der Waals surface area contributed by atoms with Gasteiger partial charge in [0.05, 0.1) is 6.10 Å². The van der Waals surface area contributed by atoms with Gasteiger partial charge in [-0.05, 0) is 48.8 Å². The summed E-state index contributed by atoms with van der Waals surface area (Å²) in [6.45, 7) is 5.78. The fourth-order valence-corrected chi connectivity index (χ4v) is 2.86. The molecule has 106 valence electrons. The van der Waals surface area contributed by atoms with Gasteiger partial charge < -0.3 is 15.0 Å². The molecule has 5 heteroatoms. The number of hydrogen-bond acceptors (Lipinski definition) is 4. The van der Waals surface area contributed by atoms with E-state index < -0.39 is 0 Å². The average Bonchev–Trinajstić information content (AvgIpc) is 2.90. The van der Waals surface area contributed by atoms with Crippen LogP contribution in [0, 0.1) is 0 Å². The summed E-state index contributed by atoms with van der Waals surface area (Å²) in [6.07, 6.45) is 4.56. The van der Waals surface area contributed by atoms with Crippen LogP contribution in [0.25, 0.3) is 0 Å². The second-order valence-corrected chi connectivity index (χ2v) is 5.76. The number of hydrogen-bond donors (Lipinski definition) is 1. The first-order chi connectivity index (χ1) is 9.24. The Morgan fingerprint density at radius 1 is 1.58 bits per heavy atom. The number of pyridine rings is 1. The Morgan fingerprint density at radius 3 is 3.05 bits per heavy atom. The highest BCUT2D eigenvalue weighted by molar-refractivity contribution is 9.10. The third kappa shape index (κ3) is 3.91. The maximum Gasteiger partial charge on any atom is 0.133 e. The zero-order chi connectivity index (χ0) is 13.7. The molecule has 1 saturated heterocycles. The first kappa shape index (κ1) is 14.8. The van der Waals surface area contributed by atoms with E-state index in [1.165, 1.54) is 12.0 Å². The zero-order valence-electron chi connectivity index (χ0n) is 11.7. The van der Waals surface area contributed by atoms with Crippen LogP contribution in [0.15, 0.2) is 16.7 Å². The van der Waals surface area contributed by atoms with Crippen LogP contribution in [0.2, 0.25) is 0 Å². The van der Waals surface area contributed by atoms with Gasteiger partial charge in [-0.25, -0.2) is 4.98 Å². The predicted octanol–water partition coefficient (Wildman–Crippen LogP) is 2.57. The first-order valence-corrected chi connectivity index (χ1v) is 7.69. The van der Waals surface area contributed by atoms with Gasteiger partial charge in [-0.3, -0.25) is 0 Å². The summed E-state index contributed by atoms with van der Waals surface area (Å²) < 4.78 is 6.76. The Morgan fingerprint density at radius 2 is 2.42 bits per heavy atom. The van der Waals surface area contributed by atoms with Gasteiger partial charge in [-0.15, -0.1) is 0 Å². The molecule has 1 aromatic rings. The molecule has 1 aromatic heterocycles. The van der Waals surface area contributed by atoms with Crippen molar-refractivity contribution in [2.24, 2.45) is 0 Å². The van der Waals surface area contributed by atoms with Gasteiger partial charge in [0.2, 0.25) is 0 Å². The van der Waals surface area contributed by atoms with Crippen LogP contribution in [0.5, 0.6) is 0 Å². The molecule has 0 bridgehead atoms. The summed E-state index contributed by atoms with van der Waals surface area (Å²) in [4.78, 5) is 6.91. The van der Waals surface area contributed by atoms with Gasteiger partial charge in [0.15, 0.2) is 0 Å². The molecule has 2 heterocycles. The predicted molar refractivity (Wildman–Crippen MR) is 81.6 cm³/mol. The molecule has 0 saturated carbocycles. The fraction of sp³-hybridized carbons (Fsp3) is 0.643. The monoisotopic (exact) mass is 327 g/mol. The van der Waals surface area contributed by atoms with Gasteiger partial charge >= 0.3 is 0 Å². The van der Waals surface area contributed by atoms with E-state index in [2.05, 4.69) is 44.1 Å². The minimum Gasteiger partial charge on any atom is -0.376 e. The number of likely N-dealkylation sites (N-methyl/N-ethyl adjacent to an activating group) is 1. The molecule has 1 unspecified atom stereocenters. The van der Waals surface area contributed by atoms with E-state index >= 15 is 0 Å². The second kappa shape index (κ2) is 7.22. The minimum atomic E-state index is 0.354. The van der Waals surface area contributed by atoms with Crippen LogP contribution in [0.1, 0.15) is 25.3 Å². The molecule has 0 radical (unpaired) electrons. The summed E-state index contributed by atoms with van der Waals surface area (Å²) >= 11 is 3.49. The summed E-state index contributed by atoms with van der Waals surface area (Å²) in [5, 5.41) is 3.21. The highest BCUT2D eigenvalue weighted by atomic mass is 79.9. The lowest BCUT2D eigenvalue weighted by molar-refractivity contribution is 0.115. The Bertz CT molecular complexity index is 408. The van der Waals surface area contributed by atoms with Crippen molar-refractivity contribution in [3.05, 3.63) is 22.3 Å². The summed E-state index contributed by atoms with van der Waals surface area (Å²) in [6, 6.07) is 2.14. The lowest BCUT2D eigenvalue weighted by Gasteiger charge is -2.27. The topological polar surface area (TPSA) is 37.4 Å². The Labute approximate surface area is 123 Å². The number of aromatic nitrogens is 1. The lowest BCUT2D eigenvalue weighted by Crippen LogP contribution is -2.33. The van der Waals surface area contributed by atoms with Crippen molar-refractivity contribution in [1.82, 2.24) is 10.3 Å². The molecule has 2 rings (SSSR count). The van der Waals surface area contributed by atoms with Gasteiger partial charge in [0, 0.05) is 42.5 Å². The number of anilines is 1. The van der Waals surface area contributed by atoms with Crippen molar-refractivity contribution in [2.45, 2.75) is 32.4 Å². The number of rotatable bonds is 6. The summed E-state index contributed by atoms with van der Waals surface area (Å²) in [7, 11) is 1.96. The quantitative estimate of drug-likeness (QED) is 0.871. The number of nitrogens with zero attached hydrogens (tertiary/aromatic N) is 2. The Hall–Kier alpha value is -0.650. The molecule has 0 aromatic carbocycles. The molecule has 1 N–H and O–H groups in total. The van der Waals surface area contributed by atoms with Crippen molar-refractivity contribution in [1.29, 1.82) is 0 Å². The van der Waals surface area contributed by atoms with Gasteiger partial charge in [0.1, 0.15) is 5.82 Å². The molecule has 0 aliphatic carbocycles. The number of nitrogens with one attached hydrogen (secondary N) is 1. The molecule has 1 fully saturated rings. The molecule has 19 heavy (non-hydrogen) atoms. The Kier molecular flexibility index (Phi) is 5.60. The second-order valence-electron chi connectivity index (χ2n) is 4.84. The largest absolute Gasteiger partial charge is 0.376 e. The SMILES string of the molecule is CCN(CC1CCCO1)c1ncc(Br)cc1CNC. The van der Waals surface area contributed by atoms with Crippen LogP contribution < -0.4 is 10.2 Å². The molecule has 0 spiro atoms. The van der Waals surface area contributed by atoms with Crippen LogP contribution in [-0.2, 0) is 11.3 Å². The van der Waals surface area contributed by atoms with Gasteiger partial charge in [-0.2, -0.15) is 0 Å². The fourth-order valence-electron chi connectivity index (χ4n) is 2.48. The van der Waals surface area contributed by atoms with Crippen molar-refractivity contribution in [2.75, 3.05) is 31.6 Å². The zero-order valence-corrected chi connectivity index (χ0v) is 13.2. The smallest absolute Gasteiger partial charge is 0.133 e.